The van der Waals surface area contributed by atoms with Crippen LogP contribution in [0.3, 0.4) is 0 Å². The van der Waals surface area contributed by atoms with Gasteiger partial charge in [-0.25, -0.2) is 9.50 Å². The number of carbonyl (C=O) groups is 2. The number of methoxy groups -OCH3 is 1. The molecule has 0 bridgehead atoms. The molecular formula is C26H23F3N4O3. The summed E-state index contributed by atoms with van der Waals surface area (Å²) >= 11 is 0. The minimum Gasteiger partial charge on any atom is -0.468 e. The first kappa shape index (κ1) is 24.9. The van der Waals surface area contributed by atoms with Gasteiger partial charge in [-0.1, -0.05) is 42.5 Å². The van der Waals surface area contributed by atoms with E-state index in [0.29, 0.717) is 22.5 Å². The minimum atomic E-state index is -4.44. The number of halogens is 3. The van der Waals surface area contributed by atoms with Gasteiger partial charge in [0.15, 0.2) is 5.65 Å². The van der Waals surface area contributed by atoms with Crippen LogP contribution >= 0.6 is 0 Å². The second-order valence-electron chi connectivity index (χ2n) is 8.45. The normalized spacial score (nSPS) is 13.2. The van der Waals surface area contributed by atoms with Crippen molar-refractivity contribution >= 4 is 17.5 Å². The molecule has 2 aromatic heterocycles. The molecule has 1 atom stereocenters. The first-order valence-corrected chi connectivity index (χ1v) is 11.0. The van der Waals surface area contributed by atoms with Crippen LogP contribution < -0.4 is 5.32 Å². The molecule has 1 N–H and O–H groups in total. The fraction of sp³-hybridized carbons (Fsp3) is 0.231. The summed E-state index contributed by atoms with van der Waals surface area (Å²) in [5.41, 5.74) is 0.844. The molecule has 1 unspecified atom stereocenters. The highest BCUT2D eigenvalue weighted by Gasteiger charge is 2.38. The molecule has 0 aliphatic carbocycles. The van der Waals surface area contributed by atoms with Crippen LogP contribution in [0.15, 0.2) is 73.1 Å². The van der Waals surface area contributed by atoms with Gasteiger partial charge in [-0.2, -0.15) is 18.3 Å². The van der Waals surface area contributed by atoms with Crippen LogP contribution in [0, 0.1) is 0 Å². The lowest BCUT2D eigenvalue weighted by Crippen LogP contribution is -2.46. The number of carbonyl (C=O) groups excluding carboxylic acids is 2. The quantitative estimate of drug-likeness (QED) is 0.388. The molecule has 0 fully saturated rings. The number of benzene rings is 2. The monoisotopic (exact) mass is 496 g/mol. The molecule has 186 valence electrons. The number of hydrogen-bond acceptors (Lipinski definition) is 5. The Bertz CT molecular complexity index is 1390. The van der Waals surface area contributed by atoms with Gasteiger partial charge in [0.1, 0.15) is 6.54 Å². The number of amides is 1. The topological polar surface area (TPSA) is 85.6 Å². The SMILES string of the molecule is COC(=O)CNC(=O)C(C)(Cc1ccccc1)c1ccnc2c(-c3ccc(C(F)(F)F)cc3)cnn12. The van der Waals surface area contributed by atoms with Crippen molar-refractivity contribution in [1.29, 1.82) is 0 Å². The Morgan fingerprint density at radius 1 is 1.03 bits per heavy atom. The van der Waals surface area contributed by atoms with E-state index in [9.17, 15) is 22.8 Å². The molecule has 0 aliphatic rings. The zero-order valence-corrected chi connectivity index (χ0v) is 19.5. The molecule has 0 aliphatic heterocycles. The molecule has 0 radical (unpaired) electrons. The van der Waals surface area contributed by atoms with Gasteiger partial charge in [0.05, 0.1) is 30.0 Å². The molecule has 36 heavy (non-hydrogen) atoms. The molecule has 0 saturated carbocycles. The number of aromatic nitrogens is 3. The fourth-order valence-corrected chi connectivity index (χ4v) is 4.06. The predicted molar refractivity (Wildman–Crippen MR) is 126 cm³/mol. The van der Waals surface area contributed by atoms with E-state index >= 15 is 0 Å². The van der Waals surface area contributed by atoms with Gasteiger partial charge < -0.3 is 10.1 Å². The van der Waals surface area contributed by atoms with Crippen molar-refractivity contribution in [3.8, 4) is 11.1 Å². The Balaban J connectivity index is 1.78. The third-order valence-corrected chi connectivity index (χ3v) is 6.01. The molecule has 10 heteroatoms. The summed E-state index contributed by atoms with van der Waals surface area (Å²) in [6, 6.07) is 15.8. The summed E-state index contributed by atoms with van der Waals surface area (Å²) < 4.78 is 45.1. The largest absolute Gasteiger partial charge is 0.468 e. The highest BCUT2D eigenvalue weighted by molar-refractivity contribution is 5.90. The highest BCUT2D eigenvalue weighted by atomic mass is 19.4. The van der Waals surface area contributed by atoms with Crippen molar-refractivity contribution in [3.63, 3.8) is 0 Å². The lowest BCUT2D eigenvalue weighted by molar-refractivity contribution is -0.141. The molecule has 0 spiro atoms. The number of hydrogen-bond donors (Lipinski definition) is 1. The maximum absolute atomic E-state index is 13.5. The minimum absolute atomic E-state index is 0.287. The highest BCUT2D eigenvalue weighted by Crippen LogP contribution is 2.34. The number of nitrogens with zero attached hydrogens (tertiary/aromatic N) is 3. The Morgan fingerprint density at radius 2 is 1.72 bits per heavy atom. The molecule has 4 aromatic rings. The van der Waals surface area contributed by atoms with Gasteiger partial charge >= 0.3 is 12.1 Å². The number of rotatable bonds is 7. The third-order valence-electron chi connectivity index (χ3n) is 6.01. The number of esters is 1. The molecule has 2 aromatic carbocycles. The maximum Gasteiger partial charge on any atom is 0.416 e. The Labute approximate surface area is 204 Å². The van der Waals surface area contributed by atoms with E-state index in [1.54, 1.807) is 13.0 Å². The van der Waals surface area contributed by atoms with Crippen LogP contribution in [0.2, 0.25) is 0 Å². The van der Waals surface area contributed by atoms with Crippen LogP contribution in [0.1, 0.15) is 23.7 Å². The lowest BCUT2D eigenvalue weighted by Gasteiger charge is -2.29. The lowest BCUT2D eigenvalue weighted by atomic mass is 9.79. The van der Waals surface area contributed by atoms with Gasteiger partial charge in [0.25, 0.3) is 0 Å². The van der Waals surface area contributed by atoms with Gasteiger partial charge in [-0.3, -0.25) is 9.59 Å². The summed E-state index contributed by atoms with van der Waals surface area (Å²) in [7, 11) is 1.23. The van der Waals surface area contributed by atoms with Crippen molar-refractivity contribution in [2.45, 2.75) is 24.9 Å². The van der Waals surface area contributed by atoms with Crippen LogP contribution in [-0.2, 0) is 32.3 Å². The summed E-state index contributed by atoms with van der Waals surface area (Å²) in [6.45, 7) is 1.44. The Hall–Kier alpha value is -4.21. The fourth-order valence-electron chi connectivity index (χ4n) is 4.06. The molecule has 4 rings (SSSR count). The van der Waals surface area contributed by atoms with Crippen molar-refractivity contribution in [3.05, 3.63) is 89.9 Å². The van der Waals surface area contributed by atoms with Crippen molar-refractivity contribution in [2.75, 3.05) is 13.7 Å². The van der Waals surface area contributed by atoms with Gasteiger partial charge in [-0.05, 0) is 42.7 Å². The number of ether oxygens (including phenoxy) is 1. The van der Waals surface area contributed by atoms with Crippen LogP contribution in [-0.4, -0.2) is 40.1 Å². The van der Waals surface area contributed by atoms with Gasteiger partial charge in [0, 0.05) is 11.8 Å². The first-order chi connectivity index (χ1) is 17.1. The van der Waals surface area contributed by atoms with Gasteiger partial charge in [-0.15, -0.1) is 0 Å². The predicted octanol–water partition coefficient (Wildman–Crippen LogP) is 4.20. The van der Waals surface area contributed by atoms with E-state index in [4.69, 9.17) is 0 Å². The second-order valence-corrected chi connectivity index (χ2v) is 8.45. The molecule has 2 heterocycles. The first-order valence-electron chi connectivity index (χ1n) is 11.0. The van der Waals surface area contributed by atoms with Crippen LogP contribution in [0.4, 0.5) is 13.2 Å². The zero-order valence-electron chi connectivity index (χ0n) is 19.5. The third kappa shape index (κ3) is 4.93. The smallest absolute Gasteiger partial charge is 0.416 e. The molecular weight excluding hydrogens is 473 g/mol. The maximum atomic E-state index is 13.5. The molecule has 1 amide bonds. The summed E-state index contributed by atoms with van der Waals surface area (Å²) in [4.78, 5) is 29.5. The number of nitrogens with one attached hydrogen (secondary N) is 1. The second kappa shape index (κ2) is 9.80. The number of alkyl halides is 3. The van der Waals surface area contributed by atoms with Gasteiger partial charge in [0.2, 0.25) is 5.91 Å². The summed E-state index contributed by atoms with van der Waals surface area (Å²) in [5.74, 6) is -1.01. The Morgan fingerprint density at radius 3 is 2.36 bits per heavy atom. The van der Waals surface area contributed by atoms with Crippen LogP contribution in [0.5, 0.6) is 0 Å². The van der Waals surface area contributed by atoms with E-state index in [1.165, 1.54) is 36.2 Å². The van der Waals surface area contributed by atoms with Crippen molar-refractivity contribution in [1.82, 2.24) is 19.9 Å². The van der Waals surface area contributed by atoms with E-state index < -0.39 is 29.0 Å². The average Bonchev–Trinajstić information content (AvgIpc) is 3.31. The zero-order chi connectivity index (χ0) is 25.9. The average molecular weight is 496 g/mol. The Kier molecular flexibility index (Phi) is 6.78. The standard InChI is InChI=1S/C26H23F3N4O3/c1-25(14-17-6-4-3-5-7-17,24(35)31-16-22(34)36-2)21-12-13-30-23-20(15-32-33(21)23)18-8-10-19(11-9-18)26(27,28)29/h3-13,15H,14,16H2,1-2H3,(H,31,35). The number of fused-ring (bicyclic) bond motifs is 1. The van der Waals surface area contributed by atoms with Crippen molar-refractivity contribution in [2.24, 2.45) is 0 Å². The van der Waals surface area contributed by atoms with E-state index in [1.807, 2.05) is 30.3 Å². The molecule has 7 nitrogen and oxygen atoms in total. The summed E-state index contributed by atoms with van der Waals surface area (Å²) in [6.07, 6.45) is -1.13. The van der Waals surface area contributed by atoms with E-state index in [-0.39, 0.29) is 13.0 Å². The van der Waals surface area contributed by atoms with Crippen molar-refractivity contribution < 1.29 is 27.5 Å². The summed E-state index contributed by atoms with van der Waals surface area (Å²) in [5, 5.41) is 7.06. The van der Waals surface area contributed by atoms with Crippen LogP contribution in [0.25, 0.3) is 16.8 Å². The molecule has 0 saturated heterocycles. The van der Waals surface area contributed by atoms with E-state index in [0.717, 1.165) is 17.7 Å². The van der Waals surface area contributed by atoms with E-state index in [2.05, 4.69) is 20.1 Å².